The Morgan fingerprint density at radius 2 is 1.80 bits per heavy atom. The van der Waals surface area contributed by atoms with Crippen molar-refractivity contribution in [3.63, 3.8) is 0 Å². The second-order valence-electron chi connectivity index (χ2n) is 5.20. The van der Waals surface area contributed by atoms with E-state index in [0.717, 1.165) is 6.20 Å². The number of carbonyl (C=O) groups is 2. The number of nitrogens with two attached hydrogens (primary N) is 2. The Morgan fingerprint density at radius 3 is 2.32 bits per heavy atom. The zero-order valence-electron chi connectivity index (χ0n) is 13.2. The zero-order chi connectivity index (χ0) is 18.6. The van der Waals surface area contributed by atoms with Crippen LogP contribution >= 0.6 is 0 Å². The van der Waals surface area contributed by atoms with Crippen molar-refractivity contribution in [1.82, 2.24) is 9.29 Å². The summed E-state index contributed by atoms with van der Waals surface area (Å²) in [6.45, 7) is 0.926. The van der Waals surface area contributed by atoms with E-state index in [2.05, 4.69) is 5.32 Å². The molecule has 0 spiro atoms. The first-order valence-electron chi connectivity index (χ1n) is 7.32. The first-order valence-corrected chi connectivity index (χ1v) is 8.82. The number of amides is 1. The highest BCUT2D eigenvalue weighted by Crippen LogP contribution is 2.26. The van der Waals surface area contributed by atoms with E-state index in [-0.39, 0.29) is 11.5 Å². The molecule has 0 saturated heterocycles. The third-order valence-electron chi connectivity index (χ3n) is 3.45. The van der Waals surface area contributed by atoms with Crippen molar-refractivity contribution in [1.29, 1.82) is 0 Å². The van der Waals surface area contributed by atoms with Gasteiger partial charge < -0.3 is 16.2 Å². The van der Waals surface area contributed by atoms with Gasteiger partial charge in [-0.1, -0.05) is 12.1 Å². The number of benzene rings is 1. The van der Waals surface area contributed by atoms with Crippen LogP contribution in [0.4, 0.5) is 0 Å². The molecule has 0 aliphatic heterocycles. The monoisotopic (exact) mass is 366 g/mol. The van der Waals surface area contributed by atoms with Crippen LogP contribution in [0, 0.1) is 0 Å². The van der Waals surface area contributed by atoms with E-state index in [4.69, 9.17) is 10.9 Å². The number of nitrogens with one attached hydrogen (secondary N) is 1. The van der Waals surface area contributed by atoms with Crippen LogP contribution in [0.1, 0.15) is 27.3 Å². The largest absolute Gasteiger partial charge is 0.477 e. The van der Waals surface area contributed by atoms with Gasteiger partial charge >= 0.3 is 16.2 Å². The first-order chi connectivity index (χ1) is 11.8. The van der Waals surface area contributed by atoms with E-state index < -0.39 is 21.9 Å². The van der Waals surface area contributed by atoms with Gasteiger partial charge in [-0.3, -0.25) is 4.79 Å². The van der Waals surface area contributed by atoms with E-state index in [0.29, 0.717) is 34.6 Å². The number of hydrogen-bond donors (Lipinski definition) is 4. The first kappa shape index (κ1) is 18.6. The van der Waals surface area contributed by atoms with Crippen molar-refractivity contribution in [2.24, 2.45) is 10.9 Å². The molecule has 0 atom stereocenters. The van der Waals surface area contributed by atoms with Gasteiger partial charge in [0.05, 0.1) is 0 Å². The highest BCUT2D eigenvalue weighted by molar-refractivity contribution is 7.87. The number of carboxylic acids is 1. The molecule has 0 fully saturated rings. The highest BCUT2D eigenvalue weighted by Gasteiger charge is 2.22. The molecule has 0 radical (unpaired) electrons. The molecule has 2 aromatic rings. The summed E-state index contributed by atoms with van der Waals surface area (Å²) in [6.07, 6.45) is 1.73. The van der Waals surface area contributed by atoms with Gasteiger partial charge in [-0.05, 0) is 36.7 Å². The molecule has 2 rings (SSSR count). The number of aromatic nitrogens is 1. The average Bonchev–Trinajstić information content (AvgIpc) is 3.00. The van der Waals surface area contributed by atoms with Gasteiger partial charge in [0.15, 0.2) is 5.69 Å². The lowest BCUT2D eigenvalue weighted by Crippen LogP contribution is -2.25. The normalized spacial score (nSPS) is 11.3. The van der Waals surface area contributed by atoms with E-state index >= 15 is 0 Å². The number of hydrogen-bond acceptors (Lipinski definition) is 5. The van der Waals surface area contributed by atoms with Crippen LogP contribution in [0.15, 0.2) is 36.5 Å². The van der Waals surface area contributed by atoms with Gasteiger partial charge in [0.1, 0.15) is 0 Å². The summed E-state index contributed by atoms with van der Waals surface area (Å²) in [5, 5.41) is 17.0. The molecule has 0 saturated carbocycles. The number of rotatable bonds is 7. The molecule has 9 nitrogen and oxygen atoms in total. The fraction of sp³-hybridized carbons (Fsp3) is 0.200. The topological polar surface area (TPSA) is 158 Å². The summed E-state index contributed by atoms with van der Waals surface area (Å²) in [7, 11) is -4.24. The van der Waals surface area contributed by atoms with Gasteiger partial charge in [0.25, 0.3) is 5.91 Å². The van der Waals surface area contributed by atoms with Crippen molar-refractivity contribution in [3.8, 4) is 11.1 Å². The third kappa shape index (κ3) is 4.24. The summed E-state index contributed by atoms with van der Waals surface area (Å²) in [5.74, 6) is -1.71. The van der Waals surface area contributed by atoms with Crippen LogP contribution in [0.2, 0.25) is 0 Å². The van der Waals surface area contributed by atoms with Crippen LogP contribution in [0.25, 0.3) is 11.1 Å². The molecule has 0 bridgehead atoms. The summed E-state index contributed by atoms with van der Waals surface area (Å²) in [4.78, 5) is 23.4. The predicted molar refractivity (Wildman–Crippen MR) is 91.3 cm³/mol. The van der Waals surface area contributed by atoms with Crippen LogP contribution in [-0.2, 0) is 10.2 Å². The second-order valence-corrected chi connectivity index (χ2v) is 6.62. The smallest absolute Gasteiger partial charge is 0.354 e. The fourth-order valence-corrected chi connectivity index (χ4v) is 2.94. The summed E-state index contributed by atoms with van der Waals surface area (Å²) < 4.78 is 23.5. The van der Waals surface area contributed by atoms with Crippen molar-refractivity contribution in [3.05, 3.63) is 47.8 Å². The van der Waals surface area contributed by atoms with Crippen molar-refractivity contribution < 1.29 is 23.1 Å². The number of aromatic carboxylic acids is 1. The van der Waals surface area contributed by atoms with Gasteiger partial charge in [-0.25, -0.2) is 13.9 Å². The molecule has 25 heavy (non-hydrogen) atoms. The molecular weight excluding hydrogens is 348 g/mol. The van der Waals surface area contributed by atoms with Gasteiger partial charge in [-0.2, -0.15) is 8.42 Å². The second kappa shape index (κ2) is 7.47. The van der Waals surface area contributed by atoms with Crippen molar-refractivity contribution in [2.45, 2.75) is 6.42 Å². The van der Waals surface area contributed by atoms with Crippen molar-refractivity contribution in [2.75, 3.05) is 13.1 Å². The summed E-state index contributed by atoms with van der Waals surface area (Å²) >= 11 is 0. The lowest BCUT2D eigenvalue weighted by atomic mass is 10.0. The Morgan fingerprint density at radius 1 is 1.16 bits per heavy atom. The minimum Gasteiger partial charge on any atom is -0.477 e. The van der Waals surface area contributed by atoms with Gasteiger partial charge in [0.2, 0.25) is 0 Å². The summed E-state index contributed by atoms with van der Waals surface area (Å²) in [6, 6.07) is 7.45. The molecule has 0 unspecified atom stereocenters. The maximum Gasteiger partial charge on any atom is 0.354 e. The predicted octanol–water partition coefficient (Wildman–Crippen LogP) is -0.0165. The molecule has 0 aliphatic carbocycles. The molecular formula is C15H18N4O5S. The minimum absolute atomic E-state index is 0.177. The average molecular weight is 366 g/mol. The summed E-state index contributed by atoms with van der Waals surface area (Å²) in [5.41, 5.74) is 5.90. The fourth-order valence-electron chi connectivity index (χ4n) is 2.28. The Labute approximate surface area is 144 Å². The number of carboxylic acid groups (broad SMARTS) is 1. The van der Waals surface area contributed by atoms with Crippen LogP contribution in [-0.4, -0.2) is 42.5 Å². The molecule has 0 aliphatic rings. The maximum atomic E-state index is 11.9. The standard InChI is InChI=1S/C15H18N4O5S/c16-7-1-8-18-14(20)11-4-2-10(3-5-11)12-6-9-19(25(17,23)24)13(12)15(21)22/h2-6,9H,1,7-8,16H2,(H,18,20)(H,21,22)(H2,17,23,24). The van der Waals surface area contributed by atoms with Crippen LogP contribution in [0.3, 0.4) is 0 Å². The zero-order valence-corrected chi connectivity index (χ0v) is 14.0. The molecule has 1 aromatic carbocycles. The van der Waals surface area contributed by atoms with Crippen LogP contribution in [0.5, 0.6) is 0 Å². The highest BCUT2D eigenvalue weighted by atomic mass is 32.2. The van der Waals surface area contributed by atoms with E-state index in [9.17, 15) is 23.1 Å². The van der Waals surface area contributed by atoms with Gasteiger partial charge in [-0.15, -0.1) is 0 Å². The number of carbonyl (C=O) groups excluding carboxylic acids is 1. The molecule has 134 valence electrons. The maximum absolute atomic E-state index is 11.9. The molecule has 1 aromatic heterocycles. The Bertz CT molecular complexity index is 887. The van der Waals surface area contributed by atoms with Crippen LogP contribution < -0.4 is 16.2 Å². The number of nitrogens with zero attached hydrogens (tertiary/aromatic N) is 1. The van der Waals surface area contributed by atoms with E-state index in [1.54, 1.807) is 0 Å². The Hall–Kier alpha value is -2.69. The van der Waals surface area contributed by atoms with E-state index in [1.807, 2.05) is 0 Å². The quantitative estimate of drug-likeness (QED) is 0.504. The van der Waals surface area contributed by atoms with Gasteiger partial charge in [0, 0.05) is 23.9 Å². The SMILES string of the molecule is NCCCNC(=O)c1ccc(-c2ccn(S(N)(=O)=O)c2C(=O)O)cc1. The lowest BCUT2D eigenvalue weighted by Gasteiger charge is -2.07. The van der Waals surface area contributed by atoms with E-state index in [1.165, 1.54) is 30.3 Å². The third-order valence-corrected chi connectivity index (χ3v) is 4.31. The molecule has 1 heterocycles. The minimum atomic E-state index is -4.24. The Balaban J connectivity index is 2.33. The molecule has 1 amide bonds. The van der Waals surface area contributed by atoms with Crippen molar-refractivity contribution >= 4 is 22.1 Å². The lowest BCUT2D eigenvalue weighted by molar-refractivity contribution is 0.0690. The Kier molecular flexibility index (Phi) is 5.57. The molecule has 10 heteroatoms. The molecule has 6 N–H and O–H groups in total.